The van der Waals surface area contributed by atoms with Gasteiger partial charge in [0.1, 0.15) is 0 Å². The molecule has 0 atom stereocenters. The standard InChI is InChI=1S/C14H21N3O3S/c1-11(2)10-15-14(18)16-12-5-3-6-13(9-12)17-7-4-8-21(17,19)20/h3,5-6,9,11H,4,7-8,10H2,1-2H3,(H2,15,16,18). The van der Waals surface area contributed by atoms with Crippen molar-refractivity contribution in [2.24, 2.45) is 5.92 Å². The topological polar surface area (TPSA) is 78.5 Å². The number of nitrogens with one attached hydrogen (secondary N) is 2. The first-order valence-corrected chi connectivity index (χ1v) is 8.65. The van der Waals surface area contributed by atoms with Crippen LogP contribution < -0.4 is 14.9 Å². The molecule has 1 aliphatic rings. The smallest absolute Gasteiger partial charge is 0.319 e. The second-order valence-electron chi connectivity index (χ2n) is 5.52. The fourth-order valence-corrected chi connectivity index (χ4v) is 3.70. The lowest BCUT2D eigenvalue weighted by Gasteiger charge is -2.18. The molecule has 116 valence electrons. The minimum Gasteiger partial charge on any atom is -0.338 e. The van der Waals surface area contributed by atoms with E-state index in [0.29, 0.717) is 36.8 Å². The summed E-state index contributed by atoms with van der Waals surface area (Å²) >= 11 is 0. The van der Waals surface area contributed by atoms with Crippen molar-refractivity contribution in [3.63, 3.8) is 0 Å². The van der Waals surface area contributed by atoms with Gasteiger partial charge in [0.25, 0.3) is 0 Å². The highest BCUT2D eigenvalue weighted by molar-refractivity contribution is 7.93. The van der Waals surface area contributed by atoms with Crippen LogP contribution in [0.4, 0.5) is 16.2 Å². The van der Waals surface area contributed by atoms with Gasteiger partial charge in [-0.15, -0.1) is 0 Å². The molecule has 0 bridgehead atoms. The van der Waals surface area contributed by atoms with E-state index in [1.54, 1.807) is 24.3 Å². The van der Waals surface area contributed by atoms with Crippen LogP contribution in [0, 0.1) is 5.92 Å². The van der Waals surface area contributed by atoms with Crippen LogP contribution in [0.3, 0.4) is 0 Å². The maximum Gasteiger partial charge on any atom is 0.319 e. The maximum atomic E-state index is 11.9. The number of carbonyl (C=O) groups is 1. The van der Waals surface area contributed by atoms with Crippen molar-refractivity contribution in [1.82, 2.24) is 5.32 Å². The van der Waals surface area contributed by atoms with Crippen LogP contribution in [0.25, 0.3) is 0 Å². The van der Waals surface area contributed by atoms with Crippen molar-refractivity contribution in [2.45, 2.75) is 20.3 Å². The minimum absolute atomic E-state index is 0.180. The van der Waals surface area contributed by atoms with E-state index >= 15 is 0 Å². The number of rotatable bonds is 4. The zero-order chi connectivity index (χ0) is 15.5. The fraction of sp³-hybridized carbons (Fsp3) is 0.500. The Morgan fingerprint density at radius 3 is 2.76 bits per heavy atom. The Hall–Kier alpha value is -1.76. The lowest BCUT2D eigenvalue weighted by atomic mass is 10.2. The van der Waals surface area contributed by atoms with Gasteiger partial charge in [0.05, 0.1) is 11.4 Å². The fourth-order valence-electron chi connectivity index (χ4n) is 2.14. The normalized spacial score (nSPS) is 17.0. The van der Waals surface area contributed by atoms with E-state index in [0.717, 1.165) is 0 Å². The summed E-state index contributed by atoms with van der Waals surface area (Å²) in [4.78, 5) is 11.7. The van der Waals surface area contributed by atoms with E-state index in [-0.39, 0.29) is 11.8 Å². The molecule has 0 aromatic heterocycles. The Morgan fingerprint density at radius 1 is 1.38 bits per heavy atom. The van der Waals surface area contributed by atoms with Gasteiger partial charge in [0.15, 0.2) is 0 Å². The van der Waals surface area contributed by atoms with Gasteiger partial charge in [-0.05, 0) is 30.5 Å². The van der Waals surface area contributed by atoms with Gasteiger partial charge < -0.3 is 10.6 Å². The molecular formula is C14H21N3O3S. The van der Waals surface area contributed by atoms with Crippen molar-refractivity contribution in [1.29, 1.82) is 0 Å². The average Bonchev–Trinajstić information content (AvgIpc) is 2.76. The highest BCUT2D eigenvalue weighted by Crippen LogP contribution is 2.26. The largest absolute Gasteiger partial charge is 0.338 e. The monoisotopic (exact) mass is 311 g/mol. The molecule has 2 rings (SSSR count). The molecule has 1 heterocycles. The summed E-state index contributed by atoms with van der Waals surface area (Å²) in [6.45, 7) is 5.11. The van der Waals surface area contributed by atoms with Gasteiger partial charge in [-0.25, -0.2) is 13.2 Å². The Bertz CT molecular complexity index is 614. The summed E-state index contributed by atoms with van der Waals surface area (Å²) in [5.41, 5.74) is 1.17. The maximum absolute atomic E-state index is 11.9. The van der Waals surface area contributed by atoms with E-state index in [4.69, 9.17) is 0 Å². The Labute approximate surface area is 125 Å². The molecule has 6 nitrogen and oxygen atoms in total. The predicted octanol–water partition coefficient (Wildman–Crippen LogP) is 2.00. The number of hydrogen-bond donors (Lipinski definition) is 2. The lowest BCUT2D eigenvalue weighted by molar-refractivity contribution is 0.251. The number of anilines is 2. The van der Waals surface area contributed by atoms with E-state index in [2.05, 4.69) is 10.6 Å². The third-order valence-corrected chi connectivity index (χ3v) is 5.03. The van der Waals surface area contributed by atoms with Crippen molar-refractivity contribution in [3.8, 4) is 0 Å². The van der Waals surface area contributed by atoms with Crippen LogP contribution >= 0.6 is 0 Å². The van der Waals surface area contributed by atoms with Gasteiger partial charge in [0, 0.05) is 18.8 Å². The molecule has 1 aromatic carbocycles. The second kappa shape index (κ2) is 6.34. The SMILES string of the molecule is CC(C)CNC(=O)Nc1cccc(N2CCCS2(=O)=O)c1. The molecule has 0 aliphatic carbocycles. The van der Waals surface area contributed by atoms with Gasteiger partial charge in [-0.1, -0.05) is 19.9 Å². The van der Waals surface area contributed by atoms with Crippen LogP contribution in [-0.2, 0) is 10.0 Å². The molecule has 21 heavy (non-hydrogen) atoms. The lowest BCUT2D eigenvalue weighted by Crippen LogP contribution is -2.31. The molecule has 0 unspecified atom stereocenters. The van der Waals surface area contributed by atoms with Gasteiger partial charge >= 0.3 is 6.03 Å². The molecule has 1 fully saturated rings. The van der Waals surface area contributed by atoms with E-state index in [9.17, 15) is 13.2 Å². The number of nitrogens with zero attached hydrogens (tertiary/aromatic N) is 1. The zero-order valence-electron chi connectivity index (χ0n) is 12.3. The van der Waals surface area contributed by atoms with Crippen molar-refractivity contribution in [2.75, 3.05) is 28.5 Å². The number of carbonyl (C=O) groups excluding carboxylic acids is 1. The van der Waals surface area contributed by atoms with Crippen LogP contribution in [0.2, 0.25) is 0 Å². The van der Waals surface area contributed by atoms with Crippen LogP contribution in [-0.4, -0.2) is 33.3 Å². The minimum atomic E-state index is -3.20. The summed E-state index contributed by atoms with van der Waals surface area (Å²) in [5.74, 6) is 0.552. The number of benzene rings is 1. The first-order chi connectivity index (χ1) is 9.88. The molecule has 0 saturated carbocycles. The van der Waals surface area contributed by atoms with E-state index in [1.807, 2.05) is 13.8 Å². The predicted molar refractivity (Wildman–Crippen MR) is 84.1 cm³/mol. The summed E-state index contributed by atoms with van der Waals surface area (Å²) < 4.78 is 25.2. The number of amides is 2. The average molecular weight is 311 g/mol. The van der Waals surface area contributed by atoms with Gasteiger partial charge in [-0.3, -0.25) is 4.31 Å². The highest BCUT2D eigenvalue weighted by atomic mass is 32.2. The molecule has 2 N–H and O–H groups in total. The van der Waals surface area contributed by atoms with Crippen molar-refractivity contribution >= 4 is 27.4 Å². The molecule has 1 aromatic rings. The third kappa shape index (κ3) is 4.10. The summed E-state index contributed by atoms with van der Waals surface area (Å²) in [6, 6.07) is 6.60. The van der Waals surface area contributed by atoms with Crippen molar-refractivity contribution < 1.29 is 13.2 Å². The molecular weight excluding hydrogens is 290 g/mol. The Morgan fingerprint density at radius 2 is 2.14 bits per heavy atom. The van der Waals surface area contributed by atoms with Crippen LogP contribution in [0.5, 0.6) is 0 Å². The number of hydrogen-bond acceptors (Lipinski definition) is 3. The second-order valence-corrected chi connectivity index (χ2v) is 7.53. The van der Waals surface area contributed by atoms with E-state index in [1.165, 1.54) is 4.31 Å². The number of urea groups is 1. The molecule has 2 amide bonds. The summed E-state index contributed by atoms with van der Waals surface area (Å²) in [7, 11) is -3.20. The van der Waals surface area contributed by atoms with Gasteiger partial charge in [0.2, 0.25) is 10.0 Å². The molecule has 0 radical (unpaired) electrons. The molecule has 7 heteroatoms. The first-order valence-electron chi connectivity index (χ1n) is 7.04. The van der Waals surface area contributed by atoms with Crippen LogP contribution in [0.1, 0.15) is 20.3 Å². The molecule has 1 saturated heterocycles. The van der Waals surface area contributed by atoms with E-state index < -0.39 is 10.0 Å². The quantitative estimate of drug-likeness (QED) is 0.892. The Balaban J connectivity index is 2.06. The van der Waals surface area contributed by atoms with Crippen molar-refractivity contribution in [3.05, 3.63) is 24.3 Å². The highest BCUT2D eigenvalue weighted by Gasteiger charge is 2.28. The summed E-state index contributed by atoms with van der Waals surface area (Å²) in [6.07, 6.45) is 0.634. The van der Waals surface area contributed by atoms with Crippen LogP contribution in [0.15, 0.2) is 24.3 Å². The molecule has 0 spiro atoms. The van der Waals surface area contributed by atoms with Gasteiger partial charge in [-0.2, -0.15) is 0 Å². The first kappa shape index (κ1) is 15.6. The number of sulfonamides is 1. The molecule has 1 aliphatic heterocycles. The summed E-state index contributed by atoms with van der Waals surface area (Å²) in [5, 5.41) is 5.47. The Kier molecular flexibility index (Phi) is 4.72. The zero-order valence-corrected chi connectivity index (χ0v) is 13.1. The third-order valence-electron chi connectivity index (χ3n) is 3.16.